The highest BCUT2D eigenvalue weighted by atomic mass is 32.2. The quantitative estimate of drug-likeness (QED) is 0.445. The predicted octanol–water partition coefficient (Wildman–Crippen LogP) is 4.19. The van der Waals surface area contributed by atoms with Gasteiger partial charge >= 0.3 is 0 Å². The minimum absolute atomic E-state index is 0.105. The number of likely N-dealkylation sites (tertiary alicyclic amines) is 1. The van der Waals surface area contributed by atoms with Crippen molar-refractivity contribution >= 4 is 21.6 Å². The monoisotopic (exact) mass is 507 g/mol. The molecule has 0 aromatic heterocycles. The van der Waals surface area contributed by atoms with E-state index in [1.807, 2.05) is 12.1 Å². The smallest absolute Gasteiger partial charge is 0.264 e. The van der Waals surface area contributed by atoms with Crippen LogP contribution in [-0.4, -0.2) is 46.0 Å². The van der Waals surface area contributed by atoms with E-state index in [2.05, 4.69) is 22.3 Å². The lowest BCUT2D eigenvalue weighted by Crippen LogP contribution is -2.40. The maximum absolute atomic E-state index is 13.5. The third-order valence-electron chi connectivity index (χ3n) is 6.34. The second-order valence-electron chi connectivity index (χ2n) is 8.93. The van der Waals surface area contributed by atoms with Gasteiger partial charge in [0.15, 0.2) is 0 Å². The highest BCUT2D eigenvalue weighted by Crippen LogP contribution is 2.32. The van der Waals surface area contributed by atoms with E-state index in [9.17, 15) is 13.2 Å². The molecule has 0 atom stereocenters. The first-order valence-corrected chi connectivity index (χ1v) is 13.7. The van der Waals surface area contributed by atoms with Crippen molar-refractivity contribution in [2.75, 3.05) is 31.0 Å². The molecule has 0 saturated carbocycles. The van der Waals surface area contributed by atoms with E-state index >= 15 is 0 Å². The van der Waals surface area contributed by atoms with E-state index in [1.165, 1.54) is 44.1 Å². The lowest BCUT2D eigenvalue weighted by molar-refractivity contribution is -0.119. The molecule has 3 aromatic rings. The van der Waals surface area contributed by atoms with Crippen molar-refractivity contribution in [2.45, 2.75) is 37.2 Å². The summed E-state index contributed by atoms with van der Waals surface area (Å²) in [4.78, 5) is 15.5. The number of carbonyl (C=O) groups excluding carboxylic acids is 1. The fourth-order valence-corrected chi connectivity index (χ4v) is 5.83. The normalized spacial score (nSPS) is 14.2. The summed E-state index contributed by atoms with van der Waals surface area (Å²) in [5.41, 5.74) is 2.52. The van der Waals surface area contributed by atoms with Crippen molar-refractivity contribution in [2.24, 2.45) is 0 Å². The summed E-state index contributed by atoms with van der Waals surface area (Å²) in [6.45, 7) is 3.18. The fraction of sp³-hybridized carbons (Fsp3) is 0.321. The summed E-state index contributed by atoms with van der Waals surface area (Å²) in [5, 5.41) is 2.86. The lowest BCUT2D eigenvalue weighted by atomic mass is 10.1. The summed E-state index contributed by atoms with van der Waals surface area (Å²) in [6.07, 6.45) is 3.84. The molecule has 1 N–H and O–H groups in total. The van der Waals surface area contributed by atoms with Crippen LogP contribution in [0.25, 0.3) is 0 Å². The van der Waals surface area contributed by atoms with Gasteiger partial charge in [-0.25, -0.2) is 8.42 Å². The molecule has 0 radical (unpaired) electrons. The first-order valence-electron chi connectivity index (χ1n) is 12.2. The van der Waals surface area contributed by atoms with E-state index in [4.69, 9.17) is 4.74 Å². The molecule has 1 amide bonds. The Morgan fingerprint density at radius 1 is 0.889 bits per heavy atom. The average molecular weight is 508 g/mol. The Kier molecular flexibility index (Phi) is 8.61. The minimum Gasteiger partial charge on any atom is -0.495 e. The zero-order valence-corrected chi connectivity index (χ0v) is 21.4. The van der Waals surface area contributed by atoms with Gasteiger partial charge in [-0.05, 0) is 61.3 Å². The number of rotatable bonds is 10. The van der Waals surface area contributed by atoms with Gasteiger partial charge in [-0.15, -0.1) is 0 Å². The van der Waals surface area contributed by atoms with Gasteiger partial charge in [0.25, 0.3) is 10.0 Å². The molecule has 3 aromatic carbocycles. The molecular formula is C28H33N3O4S. The molecule has 0 unspecified atom stereocenters. The third-order valence-corrected chi connectivity index (χ3v) is 8.11. The van der Waals surface area contributed by atoms with Crippen LogP contribution in [-0.2, 0) is 27.9 Å². The molecular weight excluding hydrogens is 474 g/mol. The predicted molar refractivity (Wildman–Crippen MR) is 141 cm³/mol. The molecule has 7 nitrogen and oxygen atoms in total. The molecule has 0 bridgehead atoms. The number of hydrogen-bond acceptors (Lipinski definition) is 5. The number of hydrogen-bond donors (Lipinski definition) is 1. The highest BCUT2D eigenvalue weighted by molar-refractivity contribution is 7.92. The SMILES string of the molecule is COc1ccccc1N(CC(=O)NCc1ccc(CN2CCCCC2)cc1)S(=O)(=O)c1ccccc1. The van der Waals surface area contributed by atoms with E-state index in [0.29, 0.717) is 18.0 Å². The minimum atomic E-state index is -4.00. The van der Waals surface area contributed by atoms with Gasteiger partial charge in [-0.3, -0.25) is 14.0 Å². The number of para-hydroxylation sites is 2. The molecule has 1 aliphatic rings. The van der Waals surface area contributed by atoms with Crippen molar-refractivity contribution in [1.82, 2.24) is 10.2 Å². The van der Waals surface area contributed by atoms with Crippen LogP contribution >= 0.6 is 0 Å². The summed E-state index contributed by atoms with van der Waals surface area (Å²) < 4.78 is 33.5. The molecule has 190 valence electrons. The summed E-state index contributed by atoms with van der Waals surface area (Å²) in [6, 6.07) is 23.1. The van der Waals surface area contributed by atoms with Gasteiger partial charge in [0.1, 0.15) is 12.3 Å². The van der Waals surface area contributed by atoms with Crippen LogP contribution in [0.4, 0.5) is 5.69 Å². The number of anilines is 1. The van der Waals surface area contributed by atoms with Crippen molar-refractivity contribution in [3.63, 3.8) is 0 Å². The molecule has 1 saturated heterocycles. The maximum atomic E-state index is 13.5. The molecule has 36 heavy (non-hydrogen) atoms. The largest absolute Gasteiger partial charge is 0.495 e. The lowest BCUT2D eigenvalue weighted by Gasteiger charge is -2.26. The highest BCUT2D eigenvalue weighted by Gasteiger charge is 2.29. The van der Waals surface area contributed by atoms with Crippen molar-refractivity contribution in [3.8, 4) is 5.75 Å². The Bertz CT molecular complexity index is 1240. The number of ether oxygens (including phenoxy) is 1. The van der Waals surface area contributed by atoms with Crippen LogP contribution in [0.5, 0.6) is 5.75 Å². The van der Waals surface area contributed by atoms with Gasteiger partial charge in [-0.2, -0.15) is 0 Å². The third kappa shape index (κ3) is 6.44. The van der Waals surface area contributed by atoms with Gasteiger partial charge in [-0.1, -0.05) is 61.0 Å². The van der Waals surface area contributed by atoms with Crippen molar-refractivity contribution in [1.29, 1.82) is 0 Å². The molecule has 8 heteroatoms. The number of benzene rings is 3. The maximum Gasteiger partial charge on any atom is 0.264 e. The van der Waals surface area contributed by atoms with Crippen LogP contribution in [0, 0.1) is 0 Å². The zero-order valence-electron chi connectivity index (χ0n) is 20.6. The van der Waals surface area contributed by atoms with Crippen LogP contribution < -0.4 is 14.4 Å². The number of nitrogens with one attached hydrogen (secondary N) is 1. The Morgan fingerprint density at radius 2 is 1.53 bits per heavy atom. The van der Waals surface area contributed by atoms with E-state index in [1.54, 1.807) is 42.5 Å². The number of carbonyl (C=O) groups is 1. The molecule has 0 aliphatic carbocycles. The first kappa shape index (κ1) is 25.7. The van der Waals surface area contributed by atoms with Crippen LogP contribution in [0.2, 0.25) is 0 Å². The average Bonchev–Trinajstić information content (AvgIpc) is 2.92. The summed E-state index contributed by atoms with van der Waals surface area (Å²) in [7, 11) is -2.52. The first-order chi connectivity index (χ1) is 17.5. The number of nitrogens with zero attached hydrogens (tertiary/aromatic N) is 2. The van der Waals surface area contributed by atoms with Crippen molar-refractivity contribution in [3.05, 3.63) is 90.0 Å². The molecule has 4 rings (SSSR count). The molecule has 1 heterocycles. The molecule has 1 aliphatic heterocycles. The van der Waals surface area contributed by atoms with Crippen LogP contribution in [0.3, 0.4) is 0 Å². The zero-order chi connectivity index (χ0) is 25.4. The van der Waals surface area contributed by atoms with E-state index in [-0.39, 0.29) is 11.4 Å². The second kappa shape index (κ2) is 12.1. The van der Waals surface area contributed by atoms with E-state index in [0.717, 1.165) is 29.5 Å². The summed E-state index contributed by atoms with van der Waals surface area (Å²) >= 11 is 0. The van der Waals surface area contributed by atoms with Gasteiger partial charge in [0.05, 0.1) is 17.7 Å². The molecule has 0 spiro atoms. The molecule has 1 fully saturated rings. The van der Waals surface area contributed by atoms with E-state index < -0.39 is 15.9 Å². The Labute approximate surface area is 213 Å². The Hall–Kier alpha value is -3.36. The second-order valence-corrected chi connectivity index (χ2v) is 10.8. The number of piperidine rings is 1. The number of amides is 1. The standard InChI is InChI=1S/C28H33N3O4S/c1-35-27-13-7-6-12-26(27)31(36(33,34)25-10-4-2-5-11-25)22-28(32)29-20-23-14-16-24(17-15-23)21-30-18-8-3-9-19-30/h2,4-7,10-17H,3,8-9,18-22H2,1H3,(H,29,32). The van der Waals surface area contributed by atoms with Crippen LogP contribution in [0.1, 0.15) is 30.4 Å². The van der Waals surface area contributed by atoms with Crippen molar-refractivity contribution < 1.29 is 17.9 Å². The summed E-state index contributed by atoms with van der Waals surface area (Å²) in [5.74, 6) is -0.0353. The fourth-order valence-electron chi connectivity index (χ4n) is 4.38. The van der Waals surface area contributed by atoms with Gasteiger partial charge in [0.2, 0.25) is 5.91 Å². The van der Waals surface area contributed by atoms with Crippen LogP contribution in [0.15, 0.2) is 83.8 Å². The Morgan fingerprint density at radius 3 is 2.22 bits per heavy atom. The number of sulfonamides is 1. The Balaban J connectivity index is 1.44. The van der Waals surface area contributed by atoms with Gasteiger partial charge < -0.3 is 10.1 Å². The topological polar surface area (TPSA) is 79.0 Å². The number of methoxy groups -OCH3 is 1. The van der Waals surface area contributed by atoms with Gasteiger partial charge in [0, 0.05) is 13.1 Å².